The Morgan fingerprint density at radius 1 is 1.32 bits per heavy atom. The molecule has 1 N–H and O–H groups in total. The van der Waals surface area contributed by atoms with E-state index < -0.39 is 5.92 Å². The summed E-state index contributed by atoms with van der Waals surface area (Å²) in [6.45, 7) is 7.53. The summed E-state index contributed by atoms with van der Waals surface area (Å²) in [5, 5.41) is 1.16. The highest BCUT2D eigenvalue weighted by atomic mass is 35.5. The van der Waals surface area contributed by atoms with Gasteiger partial charge in [0.15, 0.2) is 5.16 Å². The van der Waals surface area contributed by atoms with Gasteiger partial charge in [-0.25, -0.2) is 9.37 Å². The molecule has 0 unspecified atom stereocenters. The number of hydrogen-bond acceptors (Lipinski definition) is 3. The largest absolute Gasteiger partial charge is 0.301 e. The van der Waals surface area contributed by atoms with Crippen LogP contribution in [0.4, 0.5) is 4.39 Å². The van der Waals surface area contributed by atoms with Gasteiger partial charge >= 0.3 is 0 Å². The van der Waals surface area contributed by atoms with Crippen LogP contribution < -0.4 is 5.56 Å². The van der Waals surface area contributed by atoms with Gasteiger partial charge in [-0.15, -0.1) is 0 Å². The normalized spacial score (nSPS) is 12.7. The molecule has 0 aliphatic carbocycles. The fraction of sp³-hybridized carbons (Fsp3) is 0.375. The fourth-order valence-corrected chi connectivity index (χ4v) is 3.37. The maximum absolute atomic E-state index is 14.1. The topological polar surface area (TPSA) is 45.8 Å². The summed E-state index contributed by atoms with van der Waals surface area (Å²) in [6, 6.07) is 4.57. The minimum absolute atomic E-state index is 0.201. The second-order valence-corrected chi connectivity index (χ2v) is 7.38. The highest BCUT2D eigenvalue weighted by Gasteiger charge is 2.21. The van der Waals surface area contributed by atoms with Crippen molar-refractivity contribution in [2.45, 2.75) is 44.0 Å². The van der Waals surface area contributed by atoms with Crippen LogP contribution >= 0.6 is 23.4 Å². The van der Waals surface area contributed by atoms with E-state index in [4.69, 9.17) is 11.6 Å². The predicted molar refractivity (Wildman–Crippen MR) is 89.5 cm³/mol. The molecule has 0 saturated heterocycles. The summed E-state index contributed by atoms with van der Waals surface area (Å²) in [6.07, 6.45) is 0. The zero-order chi connectivity index (χ0) is 16.4. The molecule has 0 saturated carbocycles. The molecule has 1 aromatic heterocycles. The number of nitrogens with zero attached hydrogens (tertiary/aromatic N) is 1. The van der Waals surface area contributed by atoms with E-state index in [0.717, 1.165) is 0 Å². The number of nitrogens with one attached hydrogen (secondary N) is 1. The Labute approximate surface area is 138 Å². The molecule has 0 aliphatic heterocycles. The Balaban J connectivity index is 2.56. The van der Waals surface area contributed by atoms with Gasteiger partial charge in [-0.2, -0.15) is 0 Å². The second kappa shape index (κ2) is 6.84. The van der Waals surface area contributed by atoms with E-state index in [0.29, 0.717) is 27.0 Å². The minimum atomic E-state index is -0.400. The number of aromatic amines is 1. The molecular weight excluding hydrogens is 323 g/mol. The summed E-state index contributed by atoms with van der Waals surface area (Å²) in [5.74, 6) is -0.790. The number of aromatic nitrogens is 2. The first-order valence-corrected chi connectivity index (χ1v) is 8.28. The molecular formula is C16H18ClFN2OS. The molecule has 1 atom stereocenters. The number of thioether (sulfide) groups is 1. The Hall–Kier alpha value is -1.33. The minimum Gasteiger partial charge on any atom is -0.301 e. The van der Waals surface area contributed by atoms with Crippen LogP contribution in [0.1, 0.15) is 43.5 Å². The molecule has 22 heavy (non-hydrogen) atoms. The third kappa shape index (κ3) is 3.52. The molecule has 0 aliphatic rings. The van der Waals surface area contributed by atoms with Gasteiger partial charge in [0, 0.05) is 27.3 Å². The second-order valence-electron chi connectivity index (χ2n) is 5.40. The zero-order valence-corrected chi connectivity index (χ0v) is 14.5. The molecule has 6 heteroatoms. The van der Waals surface area contributed by atoms with Crippen LogP contribution in [0.25, 0.3) is 0 Å². The third-order valence-electron chi connectivity index (χ3n) is 3.36. The quantitative estimate of drug-likeness (QED) is 0.657. The van der Waals surface area contributed by atoms with Gasteiger partial charge in [0.05, 0.1) is 5.69 Å². The van der Waals surface area contributed by atoms with E-state index >= 15 is 0 Å². The van der Waals surface area contributed by atoms with Crippen LogP contribution in [0, 0.1) is 12.7 Å². The maximum atomic E-state index is 14.1. The Morgan fingerprint density at radius 3 is 2.59 bits per heavy atom. The van der Waals surface area contributed by atoms with Crippen LogP contribution in [-0.4, -0.2) is 15.2 Å². The van der Waals surface area contributed by atoms with E-state index in [1.165, 1.54) is 17.8 Å². The Kier molecular flexibility index (Phi) is 5.29. The van der Waals surface area contributed by atoms with Gasteiger partial charge in [0.2, 0.25) is 0 Å². The maximum Gasteiger partial charge on any atom is 0.254 e. The Morgan fingerprint density at radius 2 is 2.00 bits per heavy atom. The van der Waals surface area contributed by atoms with Crippen molar-refractivity contribution in [2.75, 3.05) is 0 Å². The number of benzene rings is 1. The molecule has 0 bridgehead atoms. The smallest absolute Gasteiger partial charge is 0.254 e. The summed E-state index contributed by atoms with van der Waals surface area (Å²) in [5.41, 5.74) is 1.21. The molecule has 1 heterocycles. The lowest BCUT2D eigenvalue weighted by molar-refractivity contribution is 0.599. The van der Waals surface area contributed by atoms with Crippen molar-refractivity contribution in [3.8, 4) is 0 Å². The summed E-state index contributed by atoms with van der Waals surface area (Å²) < 4.78 is 14.1. The summed E-state index contributed by atoms with van der Waals surface area (Å²) >= 11 is 7.59. The summed E-state index contributed by atoms with van der Waals surface area (Å²) in [4.78, 5) is 19.4. The van der Waals surface area contributed by atoms with Gasteiger partial charge in [-0.1, -0.05) is 50.2 Å². The first-order valence-electron chi connectivity index (χ1n) is 7.02. The Bertz CT molecular complexity index is 725. The van der Waals surface area contributed by atoms with Crippen LogP contribution in [0.3, 0.4) is 0 Å². The van der Waals surface area contributed by atoms with Crippen LogP contribution in [0.15, 0.2) is 28.2 Å². The highest BCUT2D eigenvalue weighted by Crippen LogP contribution is 2.32. The van der Waals surface area contributed by atoms with E-state index in [9.17, 15) is 9.18 Å². The number of rotatable bonds is 4. The number of hydrogen-bond donors (Lipinski definition) is 1. The standard InChI is InChI=1S/C16H18ClFN2OS/c1-8(2)22-16-19-14(10(4)15(21)20-16)9(3)13-11(17)6-5-7-12(13)18/h5-9H,1-4H3,(H,19,20,21)/t9-/m1/s1. The lowest BCUT2D eigenvalue weighted by Gasteiger charge is -2.17. The molecule has 2 aromatic rings. The lowest BCUT2D eigenvalue weighted by atomic mass is 9.94. The average Bonchev–Trinajstić information content (AvgIpc) is 2.41. The molecule has 0 spiro atoms. The van der Waals surface area contributed by atoms with Crippen molar-refractivity contribution in [2.24, 2.45) is 0 Å². The van der Waals surface area contributed by atoms with E-state index in [-0.39, 0.29) is 16.6 Å². The molecule has 0 amide bonds. The van der Waals surface area contributed by atoms with Crippen molar-refractivity contribution in [1.82, 2.24) is 9.97 Å². The van der Waals surface area contributed by atoms with Gasteiger partial charge < -0.3 is 4.98 Å². The monoisotopic (exact) mass is 340 g/mol. The molecule has 0 fully saturated rings. The van der Waals surface area contributed by atoms with Gasteiger partial charge in [-0.3, -0.25) is 4.79 Å². The van der Waals surface area contributed by atoms with Crippen LogP contribution in [-0.2, 0) is 0 Å². The van der Waals surface area contributed by atoms with Crippen LogP contribution in [0.2, 0.25) is 5.02 Å². The van der Waals surface area contributed by atoms with Crippen LogP contribution in [0.5, 0.6) is 0 Å². The molecule has 1 aromatic carbocycles. The first-order chi connectivity index (χ1) is 10.3. The van der Waals surface area contributed by atoms with Crippen molar-refractivity contribution >= 4 is 23.4 Å². The molecule has 0 radical (unpaired) electrons. The first kappa shape index (κ1) is 17.0. The predicted octanol–water partition coefficient (Wildman–Crippen LogP) is 4.52. The van der Waals surface area contributed by atoms with Gasteiger partial charge in [0.1, 0.15) is 5.82 Å². The van der Waals surface area contributed by atoms with Crippen molar-refractivity contribution in [3.63, 3.8) is 0 Å². The highest BCUT2D eigenvalue weighted by molar-refractivity contribution is 7.99. The van der Waals surface area contributed by atoms with Crippen molar-refractivity contribution < 1.29 is 4.39 Å². The van der Waals surface area contributed by atoms with E-state index in [2.05, 4.69) is 9.97 Å². The third-order valence-corrected chi connectivity index (χ3v) is 4.58. The molecule has 2 rings (SSSR count). The van der Waals surface area contributed by atoms with Gasteiger partial charge in [-0.05, 0) is 19.1 Å². The summed E-state index contributed by atoms with van der Waals surface area (Å²) in [7, 11) is 0. The van der Waals surface area contributed by atoms with E-state index in [1.807, 2.05) is 20.8 Å². The number of halogens is 2. The zero-order valence-electron chi connectivity index (χ0n) is 12.9. The number of H-pyrrole nitrogens is 1. The fourth-order valence-electron chi connectivity index (χ4n) is 2.29. The van der Waals surface area contributed by atoms with Gasteiger partial charge in [0.25, 0.3) is 5.56 Å². The van der Waals surface area contributed by atoms with Crippen molar-refractivity contribution in [1.29, 1.82) is 0 Å². The lowest BCUT2D eigenvalue weighted by Crippen LogP contribution is -2.18. The average molecular weight is 341 g/mol. The SMILES string of the molecule is Cc1c([C@H](C)c2c(F)cccc2Cl)nc(SC(C)C)[nH]c1=O. The molecule has 3 nitrogen and oxygen atoms in total. The van der Waals surface area contributed by atoms with Crippen molar-refractivity contribution in [3.05, 3.63) is 56.2 Å². The van der Waals surface area contributed by atoms with E-state index in [1.54, 1.807) is 19.1 Å². The molecule has 118 valence electrons.